The third-order valence-electron chi connectivity index (χ3n) is 5.14. The number of hydrogen-bond acceptors (Lipinski definition) is 5. The molecule has 0 spiro atoms. The summed E-state index contributed by atoms with van der Waals surface area (Å²) in [5.41, 5.74) is 3.14. The maximum Gasteiger partial charge on any atom is 0.113 e. The quantitative estimate of drug-likeness (QED) is 0.669. The van der Waals surface area contributed by atoms with Crippen LogP contribution in [0.1, 0.15) is 50.4 Å². The van der Waals surface area contributed by atoms with Crippen molar-refractivity contribution < 1.29 is 8.95 Å². The maximum absolute atomic E-state index is 11.4. The van der Waals surface area contributed by atoms with Gasteiger partial charge in [0.25, 0.3) is 0 Å². The Bertz CT molecular complexity index is 1040. The van der Waals surface area contributed by atoms with E-state index in [1.165, 1.54) is 19.3 Å². The minimum absolute atomic E-state index is 0.269. The van der Waals surface area contributed by atoms with E-state index in [1.54, 1.807) is 18.5 Å². The zero-order valence-electron chi connectivity index (χ0n) is 17.9. The molecule has 7 nitrogen and oxygen atoms in total. The van der Waals surface area contributed by atoms with Crippen molar-refractivity contribution in [1.82, 2.24) is 19.3 Å². The fraction of sp³-hybridized carbons (Fsp3) is 0.500. The van der Waals surface area contributed by atoms with Crippen LogP contribution in [-0.2, 0) is 15.7 Å². The van der Waals surface area contributed by atoms with Crippen LogP contribution in [0.4, 0.5) is 0 Å². The van der Waals surface area contributed by atoms with E-state index in [2.05, 4.69) is 16.0 Å². The number of aromatic amines is 1. The summed E-state index contributed by atoms with van der Waals surface area (Å²) in [7, 11) is -0.919. The van der Waals surface area contributed by atoms with Gasteiger partial charge in [0, 0.05) is 43.9 Å². The molecular weight excluding hydrogens is 398 g/mol. The third kappa shape index (κ3) is 5.04. The van der Waals surface area contributed by atoms with Gasteiger partial charge in [-0.3, -0.25) is 4.98 Å². The molecule has 160 valence electrons. The van der Waals surface area contributed by atoms with Crippen LogP contribution in [-0.4, -0.2) is 56.0 Å². The largest absolute Gasteiger partial charge is 0.381 e. The van der Waals surface area contributed by atoms with E-state index in [4.69, 9.17) is 15.0 Å². The predicted octanol–water partition coefficient (Wildman–Crippen LogP) is 3.89. The number of benzene rings is 1. The summed E-state index contributed by atoms with van der Waals surface area (Å²) >= 11 is 0. The monoisotopic (exact) mass is 427 g/mol. The van der Waals surface area contributed by atoms with Crippen LogP contribution >= 0.6 is 0 Å². The number of nitrogens with zero attached hydrogens (tertiary/aromatic N) is 4. The van der Waals surface area contributed by atoms with Gasteiger partial charge >= 0.3 is 0 Å². The molecule has 8 heteroatoms. The summed E-state index contributed by atoms with van der Waals surface area (Å²) < 4.78 is 18.4. The minimum atomic E-state index is -0.919. The lowest BCUT2D eigenvalue weighted by Crippen LogP contribution is -2.45. The first kappa shape index (κ1) is 22.3. The van der Waals surface area contributed by atoms with Gasteiger partial charge in [0.15, 0.2) is 0 Å². The van der Waals surface area contributed by atoms with E-state index < -0.39 is 11.0 Å². The van der Waals surface area contributed by atoms with Crippen LogP contribution in [0.3, 0.4) is 0 Å². The molecular formula is C22H29N5O2S. The molecule has 0 amide bonds. The van der Waals surface area contributed by atoms with E-state index in [1.807, 2.05) is 30.3 Å². The second kappa shape index (κ2) is 10.6. The first-order valence-corrected chi connectivity index (χ1v) is 12.0. The number of hydrogen-bond donors (Lipinski definition) is 1. The summed E-state index contributed by atoms with van der Waals surface area (Å²) in [6.07, 6.45) is 7.39. The summed E-state index contributed by atoms with van der Waals surface area (Å²) in [4.78, 5) is 12.4. The summed E-state index contributed by atoms with van der Waals surface area (Å²) in [6, 6.07) is 7.57. The minimum Gasteiger partial charge on any atom is -0.381 e. The molecule has 0 saturated carbocycles. The van der Waals surface area contributed by atoms with Gasteiger partial charge in [0.2, 0.25) is 0 Å². The number of nitrogens with one attached hydrogen (secondary N) is 1. The standard InChI is InChI=1S/C15H13N5OS.C5H10O.C2H6/c1-22(21)20-7-10(8-20)15-18-13-6-17-12-3-2-9(5-16)4-11(12)14(13)19-15;1-2-4-6-5-3-1;1-2/h2-4,6,10H,7-8H2,1H3,(H,18,19);1-5H2;1-2H3. The van der Waals surface area contributed by atoms with Gasteiger partial charge in [-0.05, 0) is 37.5 Å². The van der Waals surface area contributed by atoms with Crippen LogP contribution in [0.15, 0.2) is 24.4 Å². The summed E-state index contributed by atoms with van der Waals surface area (Å²) in [5, 5.41) is 9.94. The molecule has 1 N–H and O–H groups in total. The maximum atomic E-state index is 11.4. The molecule has 1 unspecified atom stereocenters. The van der Waals surface area contributed by atoms with Crippen molar-refractivity contribution in [2.45, 2.75) is 39.0 Å². The number of fused-ring (bicyclic) bond motifs is 3. The highest BCUT2D eigenvalue weighted by Crippen LogP contribution is 2.29. The molecule has 0 aliphatic carbocycles. The molecule has 4 heterocycles. The van der Waals surface area contributed by atoms with Crippen molar-refractivity contribution in [3.05, 3.63) is 35.8 Å². The number of nitriles is 1. The highest BCUT2D eigenvalue weighted by Gasteiger charge is 2.32. The lowest BCUT2D eigenvalue weighted by molar-refractivity contribution is 0.0968. The highest BCUT2D eigenvalue weighted by atomic mass is 32.2. The molecule has 1 aromatic carbocycles. The van der Waals surface area contributed by atoms with E-state index >= 15 is 0 Å². The molecule has 2 aliphatic heterocycles. The topological polar surface area (TPSA) is 94.9 Å². The van der Waals surface area contributed by atoms with Crippen molar-refractivity contribution in [2.24, 2.45) is 0 Å². The average molecular weight is 428 g/mol. The Morgan fingerprint density at radius 3 is 2.53 bits per heavy atom. The Labute approximate surface area is 180 Å². The van der Waals surface area contributed by atoms with Gasteiger partial charge < -0.3 is 9.72 Å². The predicted molar refractivity (Wildman–Crippen MR) is 121 cm³/mol. The van der Waals surface area contributed by atoms with Crippen LogP contribution < -0.4 is 0 Å². The molecule has 2 aliphatic rings. The van der Waals surface area contributed by atoms with Gasteiger partial charge in [-0.1, -0.05) is 13.8 Å². The van der Waals surface area contributed by atoms with Crippen molar-refractivity contribution in [2.75, 3.05) is 32.6 Å². The lowest BCUT2D eigenvalue weighted by atomic mass is 10.0. The van der Waals surface area contributed by atoms with Crippen LogP contribution in [0, 0.1) is 11.3 Å². The second-order valence-corrected chi connectivity index (χ2v) is 8.49. The smallest absolute Gasteiger partial charge is 0.113 e. The van der Waals surface area contributed by atoms with Gasteiger partial charge in [0.1, 0.15) is 5.82 Å². The van der Waals surface area contributed by atoms with E-state index in [-0.39, 0.29) is 5.92 Å². The average Bonchev–Trinajstić information content (AvgIpc) is 3.19. The number of H-pyrrole nitrogens is 1. The molecule has 0 radical (unpaired) electrons. The first-order chi connectivity index (χ1) is 14.7. The number of imidazole rings is 1. The molecule has 2 saturated heterocycles. The highest BCUT2D eigenvalue weighted by molar-refractivity contribution is 7.81. The van der Waals surface area contributed by atoms with E-state index in [9.17, 15) is 4.21 Å². The fourth-order valence-electron chi connectivity index (χ4n) is 3.45. The van der Waals surface area contributed by atoms with Crippen molar-refractivity contribution in [1.29, 1.82) is 5.26 Å². The lowest BCUT2D eigenvalue weighted by Gasteiger charge is -2.35. The Hall–Kier alpha value is -2.34. The van der Waals surface area contributed by atoms with Crippen LogP contribution in [0.25, 0.3) is 21.9 Å². The van der Waals surface area contributed by atoms with Crippen molar-refractivity contribution in [3.63, 3.8) is 0 Å². The number of aromatic nitrogens is 3. The van der Waals surface area contributed by atoms with Gasteiger partial charge in [-0.2, -0.15) is 5.26 Å². The van der Waals surface area contributed by atoms with Crippen molar-refractivity contribution in [3.8, 4) is 6.07 Å². The summed E-state index contributed by atoms with van der Waals surface area (Å²) in [5.74, 6) is 1.17. The Morgan fingerprint density at radius 2 is 1.97 bits per heavy atom. The van der Waals surface area contributed by atoms with Crippen LogP contribution in [0.2, 0.25) is 0 Å². The fourth-order valence-corrected chi connectivity index (χ4v) is 4.23. The Morgan fingerprint density at radius 1 is 1.23 bits per heavy atom. The van der Waals surface area contributed by atoms with E-state index in [0.29, 0.717) is 5.56 Å². The first-order valence-electron chi connectivity index (χ1n) is 10.5. The Kier molecular flexibility index (Phi) is 7.91. The van der Waals surface area contributed by atoms with E-state index in [0.717, 1.165) is 54.1 Å². The van der Waals surface area contributed by atoms with Gasteiger partial charge in [-0.25, -0.2) is 13.5 Å². The van der Waals surface area contributed by atoms with Gasteiger partial charge in [0.05, 0.1) is 45.4 Å². The molecule has 2 aromatic heterocycles. The third-order valence-corrected chi connectivity index (χ3v) is 6.16. The number of ether oxygens (including phenoxy) is 1. The van der Waals surface area contributed by atoms with Crippen molar-refractivity contribution >= 4 is 32.9 Å². The van der Waals surface area contributed by atoms with Gasteiger partial charge in [-0.15, -0.1) is 0 Å². The zero-order valence-corrected chi connectivity index (χ0v) is 18.7. The SMILES string of the molecule is C1CCOCC1.CC.CS(=O)N1CC(c2nc3c(cnc4ccc(C#N)cc43)[nH]2)C1. The number of rotatable bonds is 2. The second-order valence-electron chi connectivity index (χ2n) is 7.13. The molecule has 0 bridgehead atoms. The number of pyridine rings is 1. The summed E-state index contributed by atoms with van der Waals surface area (Å²) in [6.45, 7) is 7.50. The normalized spacial score (nSPS) is 17.8. The molecule has 3 aromatic rings. The molecule has 5 rings (SSSR count). The Balaban J connectivity index is 0.000000273. The molecule has 1 atom stereocenters. The molecule has 30 heavy (non-hydrogen) atoms. The molecule has 2 fully saturated rings. The van der Waals surface area contributed by atoms with Crippen LogP contribution in [0.5, 0.6) is 0 Å². The zero-order chi connectivity index (χ0) is 21.5.